The summed E-state index contributed by atoms with van der Waals surface area (Å²) in [4.78, 5) is 20.9. The van der Waals surface area contributed by atoms with Crippen LogP contribution in [0.15, 0.2) is 49.1 Å². The Kier molecular flexibility index (Phi) is 5.39. The van der Waals surface area contributed by atoms with Crippen molar-refractivity contribution >= 4 is 23.4 Å². The van der Waals surface area contributed by atoms with E-state index in [-0.39, 0.29) is 35.6 Å². The minimum absolute atomic E-state index is 0.0192. The Bertz CT molecular complexity index is 974. The number of hydrogen-bond acceptors (Lipinski definition) is 7. The van der Waals surface area contributed by atoms with Crippen molar-refractivity contribution in [3.63, 3.8) is 0 Å². The van der Waals surface area contributed by atoms with E-state index < -0.39 is 0 Å². The lowest BCUT2D eigenvalue weighted by Crippen LogP contribution is -2.31. The summed E-state index contributed by atoms with van der Waals surface area (Å²) in [6.45, 7) is 3.12. The fourth-order valence-corrected chi connectivity index (χ4v) is 4.98. The molecule has 3 aliphatic rings. The van der Waals surface area contributed by atoms with Gasteiger partial charge in [0.2, 0.25) is 0 Å². The maximum Gasteiger partial charge on any atom is 0.311 e. The van der Waals surface area contributed by atoms with E-state index >= 15 is 0 Å². The van der Waals surface area contributed by atoms with Gasteiger partial charge in [-0.3, -0.25) is 9.36 Å². The fraction of sp³-hybridized carbons (Fsp3) is 0.545. The van der Waals surface area contributed by atoms with E-state index in [1.54, 1.807) is 35.8 Å². The van der Waals surface area contributed by atoms with E-state index in [2.05, 4.69) is 23.0 Å². The smallest absolute Gasteiger partial charge is 0.311 e. The SMILES string of the molecule is C[C@@]12CCC=C(COC(=S)n3ccnc3)CC[C@H]3C(Cn4ccnc4)C(=O)O[C@@H]3[C@@H]1O2. The van der Waals surface area contributed by atoms with Gasteiger partial charge in [0.15, 0.2) is 0 Å². The molecule has 9 heteroatoms. The molecule has 4 heterocycles. The normalized spacial score (nSPS) is 32.4. The van der Waals surface area contributed by atoms with Crippen molar-refractivity contribution in [3.05, 3.63) is 49.1 Å². The number of ether oxygens (including phenoxy) is 3. The molecule has 164 valence electrons. The van der Waals surface area contributed by atoms with Crippen LogP contribution in [0.5, 0.6) is 0 Å². The van der Waals surface area contributed by atoms with Crippen molar-refractivity contribution in [2.45, 2.75) is 57.0 Å². The monoisotopic (exact) mass is 442 g/mol. The molecule has 0 radical (unpaired) electrons. The highest BCUT2D eigenvalue weighted by Crippen LogP contribution is 2.50. The van der Waals surface area contributed by atoms with Crippen LogP contribution < -0.4 is 0 Å². The molecule has 0 bridgehead atoms. The quantitative estimate of drug-likeness (QED) is 0.312. The third kappa shape index (κ3) is 4.16. The predicted octanol–water partition coefficient (Wildman–Crippen LogP) is 2.75. The Hall–Kier alpha value is -2.52. The lowest BCUT2D eigenvalue weighted by molar-refractivity contribution is -0.145. The molecule has 5 rings (SSSR count). The number of thiocarbonyl (C=S) groups is 1. The molecule has 2 fully saturated rings. The van der Waals surface area contributed by atoms with Gasteiger partial charge in [0.1, 0.15) is 25.1 Å². The Morgan fingerprint density at radius 1 is 1.32 bits per heavy atom. The minimum atomic E-state index is -0.237. The first-order valence-corrected chi connectivity index (χ1v) is 11.1. The molecule has 2 aromatic heterocycles. The van der Waals surface area contributed by atoms with Gasteiger partial charge in [0.25, 0.3) is 5.17 Å². The number of imidazole rings is 2. The van der Waals surface area contributed by atoms with Crippen LogP contribution in [0.1, 0.15) is 32.6 Å². The number of rotatable bonds is 4. The van der Waals surface area contributed by atoms with Crippen LogP contribution in [0.4, 0.5) is 0 Å². The first-order valence-electron chi connectivity index (χ1n) is 10.7. The van der Waals surface area contributed by atoms with Gasteiger partial charge in [0.05, 0.1) is 17.8 Å². The lowest BCUT2D eigenvalue weighted by Gasteiger charge is -2.23. The van der Waals surface area contributed by atoms with E-state index in [4.69, 9.17) is 26.4 Å². The highest BCUT2D eigenvalue weighted by Gasteiger charge is 2.62. The van der Waals surface area contributed by atoms with Crippen molar-refractivity contribution in [2.24, 2.45) is 11.8 Å². The third-order valence-corrected chi connectivity index (χ3v) is 7.00. The molecule has 0 N–H and O–H groups in total. The van der Waals surface area contributed by atoms with Crippen molar-refractivity contribution < 1.29 is 19.0 Å². The summed E-state index contributed by atoms with van der Waals surface area (Å²) in [6.07, 6.45) is 15.9. The van der Waals surface area contributed by atoms with E-state index in [1.165, 1.54) is 5.57 Å². The van der Waals surface area contributed by atoms with Crippen molar-refractivity contribution in [1.29, 1.82) is 0 Å². The van der Waals surface area contributed by atoms with Gasteiger partial charge in [-0.2, -0.15) is 0 Å². The number of fused-ring (bicyclic) bond motifs is 3. The number of carbonyl (C=O) groups excluding carboxylic acids is 1. The minimum Gasteiger partial charge on any atom is -0.466 e. The Morgan fingerprint density at radius 3 is 2.94 bits per heavy atom. The maximum absolute atomic E-state index is 12.8. The molecule has 31 heavy (non-hydrogen) atoms. The second-order valence-electron chi connectivity index (χ2n) is 8.75. The van der Waals surface area contributed by atoms with Crippen LogP contribution in [-0.2, 0) is 25.5 Å². The molecule has 2 aliphatic heterocycles. The third-order valence-electron chi connectivity index (χ3n) is 6.67. The standard InChI is InChI=1S/C22H26N4O4S/c1-22-6-2-3-15(12-28-21(31)26-10-8-24-14-26)4-5-16-17(11-25-9-7-23-13-25)20(27)29-18(16)19(22)30-22/h3,7-10,13-14,16-19H,2,4-6,11-12H2,1H3/t16-,17?,18-,19-,22+/m0/s1. The molecule has 1 aliphatic carbocycles. The molecule has 0 aromatic carbocycles. The Balaban J connectivity index is 1.31. The summed E-state index contributed by atoms with van der Waals surface area (Å²) >= 11 is 5.35. The number of nitrogens with zero attached hydrogens (tertiary/aromatic N) is 4. The van der Waals surface area contributed by atoms with Crippen LogP contribution in [0.2, 0.25) is 0 Å². The summed E-state index contributed by atoms with van der Waals surface area (Å²) in [6, 6.07) is 0. The molecular formula is C22H26N4O4S. The summed E-state index contributed by atoms with van der Waals surface area (Å²) in [7, 11) is 0. The van der Waals surface area contributed by atoms with E-state index in [1.807, 2.05) is 10.8 Å². The number of carbonyl (C=O) groups is 1. The van der Waals surface area contributed by atoms with Gasteiger partial charge >= 0.3 is 5.97 Å². The van der Waals surface area contributed by atoms with Gasteiger partial charge in [-0.25, -0.2) is 9.97 Å². The Morgan fingerprint density at radius 2 is 2.16 bits per heavy atom. The highest BCUT2D eigenvalue weighted by molar-refractivity contribution is 7.80. The highest BCUT2D eigenvalue weighted by atomic mass is 32.1. The first kappa shape index (κ1) is 20.4. The zero-order valence-corrected chi connectivity index (χ0v) is 18.2. The average molecular weight is 443 g/mol. The molecule has 2 saturated heterocycles. The van der Waals surface area contributed by atoms with E-state index in [9.17, 15) is 4.79 Å². The first-order chi connectivity index (χ1) is 15.0. The molecule has 2 aromatic rings. The van der Waals surface area contributed by atoms with Gasteiger partial charge in [-0.1, -0.05) is 6.08 Å². The van der Waals surface area contributed by atoms with Crippen LogP contribution in [0.3, 0.4) is 0 Å². The number of aromatic nitrogens is 4. The molecule has 0 spiro atoms. The summed E-state index contributed by atoms with van der Waals surface area (Å²) in [5, 5.41) is 0.378. The molecule has 1 unspecified atom stereocenters. The summed E-state index contributed by atoms with van der Waals surface area (Å²) in [5.41, 5.74) is 0.948. The zero-order valence-electron chi connectivity index (χ0n) is 17.4. The van der Waals surface area contributed by atoms with Crippen LogP contribution in [0, 0.1) is 11.8 Å². The fourth-order valence-electron chi connectivity index (χ4n) is 4.81. The molecule has 0 saturated carbocycles. The number of hydrogen-bond donors (Lipinski definition) is 0. The van der Waals surface area contributed by atoms with Crippen LogP contribution in [0.25, 0.3) is 0 Å². The molecule has 8 nitrogen and oxygen atoms in total. The lowest BCUT2D eigenvalue weighted by atomic mass is 9.80. The van der Waals surface area contributed by atoms with Crippen molar-refractivity contribution in [2.75, 3.05) is 6.61 Å². The van der Waals surface area contributed by atoms with Crippen LogP contribution >= 0.6 is 12.2 Å². The number of esters is 1. The topological polar surface area (TPSA) is 83.7 Å². The summed E-state index contributed by atoms with van der Waals surface area (Å²) in [5.74, 6) is -0.256. The number of epoxide rings is 1. The largest absolute Gasteiger partial charge is 0.466 e. The predicted molar refractivity (Wildman–Crippen MR) is 115 cm³/mol. The number of allylic oxidation sites excluding steroid dienone is 1. The Labute approximate surface area is 186 Å². The van der Waals surface area contributed by atoms with Crippen molar-refractivity contribution in [1.82, 2.24) is 19.1 Å². The van der Waals surface area contributed by atoms with Gasteiger partial charge in [-0.05, 0) is 50.4 Å². The zero-order chi connectivity index (χ0) is 21.4. The maximum atomic E-state index is 12.8. The molecular weight excluding hydrogens is 416 g/mol. The second kappa shape index (κ2) is 8.20. The van der Waals surface area contributed by atoms with Gasteiger partial charge < -0.3 is 18.8 Å². The van der Waals surface area contributed by atoms with E-state index in [0.29, 0.717) is 18.3 Å². The molecule has 0 amide bonds. The second-order valence-corrected chi connectivity index (χ2v) is 9.10. The van der Waals surface area contributed by atoms with Crippen molar-refractivity contribution in [3.8, 4) is 0 Å². The van der Waals surface area contributed by atoms with Crippen LogP contribution in [-0.4, -0.2) is 54.7 Å². The van der Waals surface area contributed by atoms with Gasteiger partial charge in [-0.15, -0.1) is 0 Å². The van der Waals surface area contributed by atoms with E-state index in [0.717, 1.165) is 25.7 Å². The average Bonchev–Trinajstić information content (AvgIpc) is 3.24. The van der Waals surface area contributed by atoms with Gasteiger partial charge in [0, 0.05) is 37.3 Å². The summed E-state index contributed by atoms with van der Waals surface area (Å²) < 4.78 is 21.4. The molecule has 5 atom stereocenters.